The summed E-state index contributed by atoms with van der Waals surface area (Å²) in [7, 11) is 0. The molecule has 0 radical (unpaired) electrons. The van der Waals surface area contributed by atoms with Gasteiger partial charge < -0.3 is 15.1 Å². The Hall–Kier alpha value is -2.79. The average molecular weight is 340 g/mol. The molecule has 0 saturated heterocycles. The quantitative estimate of drug-likeness (QED) is 0.279. The lowest BCUT2D eigenvalue weighted by Gasteiger charge is -2.18. The molecular formula is C14H14ClN3O5. The van der Waals surface area contributed by atoms with Crippen molar-refractivity contribution in [3.63, 3.8) is 0 Å². The first kappa shape index (κ1) is 18.3. The first-order chi connectivity index (χ1) is 10.8. The number of phenolic OH excluding ortho intramolecular Hbond substituents is 1. The van der Waals surface area contributed by atoms with Crippen LogP contribution in [-0.2, 0) is 4.79 Å². The monoisotopic (exact) mass is 339 g/mol. The van der Waals surface area contributed by atoms with Crippen molar-refractivity contribution in [3.05, 3.63) is 38.4 Å². The van der Waals surface area contributed by atoms with Crippen LogP contribution in [0.2, 0.25) is 5.02 Å². The van der Waals surface area contributed by atoms with Gasteiger partial charge in [0, 0.05) is 24.7 Å². The van der Waals surface area contributed by atoms with Gasteiger partial charge in [0.2, 0.25) is 5.75 Å². The molecule has 1 amide bonds. The van der Waals surface area contributed by atoms with E-state index in [1.54, 1.807) is 19.9 Å². The van der Waals surface area contributed by atoms with Crippen LogP contribution in [0.15, 0.2) is 17.7 Å². The maximum absolute atomic E-state index is 12.2. The molecule has 0 saturated carbocycles. The van der Waals surface area contributed by atoms with E-state index in [9.17, 15) is 25.1 Å². The second kappa shape index (κ2) is 7.47. The molecule has 0 aliphatic rings. The first-order valence-corrected chi connectivity index (χ1v) is 6.96. The second-order valence-corrected chi connectivity index (χ2v) is 4.80. The summed E-state index contributed by atoms with van der Waals surface area (Å²) in [5, 5.41) is 39.3. The maximum Gasteiger partial charge on any atom is 0.313 e. The molecular weight excluding hydrogens is 326 g/mol. The lowest BCUT2D eigenvalue weighted by Crippen LogP contribution is -2.31. The molecule has 1 aromatic carbocycles. The standard InChI is InChI=1S/C14H14ClN3O5/c1-3-17(4-2)14(21)9(7-16)12(19)8-5-10(15)13(20)11(6-8)18(22)23/h5-6,19-20H,3-4H2,1-2H3/b12-9-. The fourth-order valence-electron chi connectivity index (χ4n) is 1.88. The number of rotatable bonds is 5. The van der Waals surface area contributed by atoms with Crippen LogP contribution in [0, 0.1) is 21.4 Å². The Labute approximate surface area is 137 Å². The van der Waals surface area contributed by atoms with E-state index < -0.39 is 33.6 Å². The largest absolute Gasteiger partial charge is 0.506 e. The van der Waals surface area contributed by atoms with Crippen molar-refractivity contribution in [1.82, 2.24) is 4.90 Å². The minimum Gasteiger partial charge on any atom is -0.506 e. The number of aromatic hydroxyl groups is 1. The number of nitro groups is 1. The molecule has 0 atom stereocenters. The third-order valence-corrected chi connectivity index (χ3v) is 3.41. The highest BCUT2D eigenvalue weighted by molar-refractivity contribution is 6.32. The zero-order valence-electron chi connectivity index (χ0n) is 12.4. The third-order valence-electron chi connectivity index (χ3n) is 3.13. The smallest absolute Gasteiger partial charge is 0.313 e. The molecule has 1 rings (SSSR count). The van der Waals surface area contributed by atoms with Gasteiger partial charge in [0.15, 0.2) is 5.57 Å². The Kier molecular flexibility index (Phi) is 5.93. The van der Waals surface area contributed by atoms with Crippen LogP contribution in [0.1, 0.15) is 19.4 Å². The summed E-state index contributed by atoms with van der Waals surface area (Å²) in [4.78, 5) is 23.5. The number of carbonyl (C=O) groups is 1. The third kappa shape index (κ3) is 3.70. The predicted molar refractivity (Wildman–Crippen MR) is 82.9 cm³/mol. The summed E-state index contributed by atoms with van der Waals surface area (Å²) >= 11 is 5.69. The highest BCUT2D eigenvalue weighted by atomic mass is 35.5. The summed E-state index contributed by atoms with van der Waals surface area (Å²) in [6, 6.07) is 3.47. The number of nitro benzene ring substituents is 1. The SMILES string of the molecule is CCN(CC)C(=O)/C(C#N)=C(\O)c1cc(Cl)c(O)c([N+](=O)[O-])c1. The lowest BCUT2D eigenvalue weighted by molar-refractivity contribution is -0.385. The van der Waals surface area contributed by atoms with Crippen LogP contribution in [0.5, 0.6) is 5.75 Å². The normalized spacial score (nSPS) is 11.4. The van der Waals surface area contributed by atoms with Gasteiger partial charge in [-0.25, -0.2) is 0 Å². The number of phenols is 1. The van der Waals surface area contributed by atoms with Gasteiger partial charge in [-0.3, -0.25) is 14.9 Å². The molecule has 0 fully saturated rings. The van der Waals surface area contributed by atoms with Crippen LogP contribution in [0.3, 0.4) is 0 Å². The minimum atomic E-state index is -0.893. The molecule has 0 heterocycles. The molecule has 1 aromatic rings. The number of amides is 1. The van der Waals surface area contributed by atoms with Crippen molar-refractivity contribution in [3.8, 4) is 11.8 Å². The van der Waals surface area contributed by atoms with Gasteiger partial charge in [0.1, 0.15) is 11.8 Å². The van der Waals surface area contributed by atoms with E-state index >= 15 is 0 Å². The van der Waals surface area contributed by atoms with E-state index in [2.05, 4.69) is 0 Å². The average Bonchev–Trinajstić information content (AvgIpc) is 2.51. The van der Waals surface area contributed by atoms with Gasteiger partial charge in [-0.1, -0.05) is 11.6 Å². The van der Waals surface area contributed by atoms with Crippen molar-refractivity contribution in [2.75, 3.05) is 13.1 Å². The fourth-order valence-corrected chi connectivity index (χ4v) is 2.09. The number of halogens is 1. The number of hydrogen-bond acceptors (Lipinski definition) is 6. The number of nitrogens with zero attached hydrogens (tertiary/aromatic N) is 3. The molecule has 0 unspecified atom stereocenters. The fraction of sp³-hybridized carbons (Fsp3) is 0.286. The summed E-state index contributed by atoms with van der Waals surface area (Å²) in [6.07, 6.45) is 0. The molecule has 0 aliphatic carbocycles. The van der Waals surface area contributed by atoms with Crippen molar-refractivity contribution in [2.45, 2.75) is 13.8 Å². The van der Waals surface area contributed by atoms with Gasteiger partial charge in [-0.05, 0) is 19.9 Å². The zero-order valence-corrected chi connectivity index (χ0v) is 13.2. The Morgan fingerprint density at radius 3 is 2.43 bits per heavy atom. The number of carbonyl (C=O) groups excluding carboxylic acids is 1. The zero-order chi connectivity index (χ0) is 17.7. The summed E-state index contributed by atoms with van der Waals surface area (Å²) in [6.45, 7) is 4.06. The Bertz CT molecular complexity index is 720. The van der Waals surface area contributed by atoms with Crippen LogP contribution >= 0.6 is 11.6 Å². The van der Waals surface area contributed by atoms with E-state index in [0.29, 0.717) is 13.1 Å². The molecule has 0 bridgehead atoms. The summed E-state index contributed by atoms with van der Waals surface area (Å²) in [5.74, 6) is -2.21. The molecule has 2 N–H and O–H groups in total. The van der Waals surface area contributed by atoms with Crippen LogP contribution in [0.25, 0.3) is 5.76 Å². The van der Waals surface area contributed by atoms with Crippen molar-refractivity contribution >= 4 is 29.0 Å². The number of aliphatic hydroxyl groups excluding tert-OH is 1. The van der Waals surface area contributed by atoms with Gasteiger partial charge in [-0.2, -0.15) is 5.26 Å². The molecule has 23 heavy (non-hydrogen) atoms. The molecule has 8 nitrogen and oxygen atoms in total. The topological polar surface area (TPSA) is 128 Å². The van der Waals surface area contributed by atoms with Crippen LogP contribution < -0.4 is 0 Å². The molecule has 0 aromatic heterocycles. The first-order valence-electron chi connectivity index (χ1n) is 6.58. The van der Waals surface area contributed by atoms with Gasteiger partial charge in [0.25, 0.3) is 5.91 Å². The molecule has 122 valence electrons. The second-order valence-electron chi connectivity index (χ2n) is 4.40. The predicted octanol–water partition coefficient (Wildman–Crippen LogP) is 2.61. The Balaban J connectivity index is 3.51. The van der Waals surface area contributed by atoms with E-state index in [0.717, 1.165) is 12.1 Å². The summed E-state index contributed by atoms with van der Waals surface area (Å²) < 4.78 is 0. The van der Waals surface area contributed by atoms with Gasteiger partial charge in [0.05, 0.1) is 9.95 Å². The highest BCUT2D eigenvalue weighted by Gasteiger charge is 2.24. The van der Waals surface area contributed by atoms with Crippen LogP contribution in [-0.4, -0.2) is 39.0 Å². The number of hydrogen-bond donors (Lipinski definition) is 2. The lowest BCUT2D eigenvalue weighted by atomic mass is 10.1. The van der Waals surface area contributed by atoms with E-state index in [1.165, 1.54) is 4.90 Å². The van der Waals surface area contributed by atoms with Crippen LogP contribution in [0.4, 0.5) is 5.69 Å². The number of nitriles is 1. The van der Waals surface area contributed by atoms with Gasteiger partial charge >= 0.3 is 5.69 Å². The number of aliphatic hydroxyl groups is 1. The van der Waals surface area contributed by atoms with E-state index in [4.69, 9.17) is 16.9 Å². The summed E-state index contributed by atoms with van der Waals surface area (Å²) in [5.41, 5.74) is -1.52. The maximum atomic E-state index is 12.2. The van der Waals surface area contributed by atoms with Crippen molar-refractivity contribution < 1.29 is 19.9 Å². The molecule has 9 heteroatoms. The van der Waals surface area contributed by atoms with E-state index in [1.807, 2.05) is 0 Å². The van der Waals surface area contributed by atoms with E-state index in [-0.39, 0.29) is 10.6 Å². The van der Waals surface area contributed by atoms with Crippen molar-refractivity contribution in [1.29, 1.82) is 5.26 Å². The molecule has 0 aliphatic heterocycles. The Morgan fingerprint density at radius 1 is 1.43 bits per heavy atom. The van der Waals surface area contributed by atoms with Crippen molar-refractivity contribution in [2.24, 2.45) is 0 Å². The number of likely N-dealkylation sites (N-methyl/N-ethyl adjacent to an activating group) is 1. The Morgan fingerprint density at radius 2 is 2.00 bits per heavy atom. The number of benzene rings is 1. The minimum absolute atomic E-state index is 0.212. The highest BCUT2D eigenvalue weighted by Crippen LogP contribution is 2.36. The van der Waals surface area contributed by atoms with Gasteiger partial charge in [-0.15, -0.1) is 0 Å². The molecule has 0 spiro atoms.